The van der Waals surface area contributed by atoms with Gasteiger partial charge >= 0.3 is 0 Å². The average molecular weight is 624 g/mol. The minimum absolute atomic E-state index is 0.0366. The quantitative estimate of drug-likeness (QED) is 0.298. The van der Waals surface area contributed by atoms with Gasteiger partial charge in [-0.25, -0.2) is 0 Å². The van der Waals surface area contributed by atoms with E-state index in [4.69, 9.17) is 15.2 Å². The molecule has 2 saturated heterocycles. The molecular weight excluding hydrogens is 586 g/mol. The minimum Gasteiger partial charge on any atom is -0.495 e. The molecule has 4 aliphatic heterocycles. The predicted octanol–water partition coefficient (Wildman–Crippen LogP) is 4.02. The molecule has 4 aliphatic rings. The maximum atomic E-state index is 13.5. The predicted molar refractivity (Wildman–Crippen MR) is 171 cm³/mol. The second kappa shape index (κ2) is 11.7. The molecule has 0 bridgehead atoms. The lowest BCUT2D eigenvalue weighted by Gasteiger charge is -2.38. The number of nitrogens with one attached hydrogen (secondary N) is 1. The number of nitrogen functional groups attached to an aromatic ring is 1. The largest absolute Gasteiger partial charge is 0.495 e. The number of rotatable bonds is 7. The molecule has 3 N–H and O–H groups in total. The highest BCUT2D eigenvalue weighted by molar-refractivity contribution is 6.05. The normalized spacial score (nSPS) is 19.8. The smallest absolute Gasteiger partial charge is 0.255 e. The van der Waals surface area contributed by atoms with Crippen molar-refractivity contribution in [2.75, 3.05) is 30.8 Å². The van der Waals surface area contributed by atoms with Crippen molar-refractivity contribution in [3.63, 3.8) is 0 Å². The Morgan fingerprint density at radius 2 is 1.67 bits per heavy atom. The molecule has 0 radical (unpaired) electrons. The molecule has 7 rings (SSSR count). The van der Waals surface area contributed by atoms with Crippen LogP contribution in [0.5, 0.6) is 17.2 Å². The zero-order chi connectivity index (χ0) is 32.1. The van der Waals surface area contributed by atoms with Crippen molar-refractivity contribution in [3.05, 3.63) is 76.3 Å². The third kappa shape index (κ3) is 5.09. The van der Waals surface area contributed by atoms with Crippen LogP contribution in [0.25, 0.3) is 0 Å². The molecule has 1 atom stereocenters. The van der Waals surface area contributed by atoms with Gasteiger partial charge in [0, 0.05) is 60.5 Å². The Morgan fingerprint density at radius 3 is 2.41 bits per heavy atom. The second-order valence-electron chi connectivity index (χ2n) is 12.3. The molecule has 0 spiro atoms. The Kier molecular flexibility index (Phi) is 7.54. The van der Waals surface area contributed by atoms with Gasteiger partial charge in [-0.3, -0.25) is 24.5 Å². The van der Waals surface area contributed by atoms with Gasteiger partial charge < -0.3 is 29.9 Å². The van der Waals surface area contributed by atoms with Crippen molar-refractivity contribution in [2.45, 2.75) is 64.2 Å². The van der Waals surface area contributed by atoms with Crippen molar-refractivity contribution in [2.24, 2.45) is 0 Å². The number of benzene rings is 3. The number of fused-ring (bicyclic) bond motifs is 2. The molecule has 0 aromatic heterocycles. The number of carbonyl (C=O) groups is 4. The standard InChI is InChI=1S/C35H37N5O6/c1-3-20-16-27(36)31(45-2)17-29(20)38-13-11-22(12-14-38)39-18-21-15-23(7-8-24(21)34(39)43)46-30-6-4-5-25-26(30)19-40(35(25)44)28-9-10-32(41)37-33(28)42/h4-8,15-17,22,28H,3,9-14,18-19,36H2,1-2H3,(H,37,41,42). The number of ether oxygens (including phenoxy) is 2. The van der Waals surface area contributed by atoms with Gasteiger partial charge in [-0.05, 0) is 73.2 Å². The number of amides is 4. The number of imide groups is 1. The van der Waals surface area contributed by atoms with Crippen LogP contribution < -0.4 is 25.4 Å². The summed E-state index contributed by atoms with van der Waals surface area (Å²) in [6, 6.07) is 14.3. The molecule has 3 aromatic carbocycles. The van der Waals surface area contributed by atoms with E-state index in [1.165, 1.54) is 10.5 Å². The minimum atomic E-state index is -0.697. The number of carbonyl (C=O) groups excluding carboxylic acids is 4. The number of aryl methyl sites for hydroxylation is 1. The summed E-state index contributed by atoms with van der Waals surface area (Å²) in [5.41, 5.74) is 11.9. The Morgan fingerprint density at radius 1 is 0.891 bits per heavy atom. The summed E-state index contributed by atoms with van der Waals surface area (Å²) in [4.78, 5) is 56.7. The molecular formula is C35H37N5O6. The molecule has 4 amide bonds. The van der Waals surface area contributed by atoms with Crippen LogP contribution in [0.2, 0.25) is 0 Å². The van der Waals surface area contributed by atoms with Crippen molar-refractivity contribution in [1.29, 1.82) is 0 Å². The maximum Gasteiger partial charge on any atom is 0.255 e. The van der Waals surface area contributed by atoms with Gasteiger partial charge in [-0.15, -0.1) is 0 Å². The molecule has 46 heavy (non-hydrogen) atoms. The third-order valence-corrected chi connectivity index (χ3v) is 9.73. The lowest BCUT2D eigenvalue weighted by molar-refractivity contribution is -0.136. The monoisotopic (exact) mass is 623 g/mol. The number of piperidine rings is 2. The second-order valence-corrected chi connectivity index (χ2v) is 12.3. The van der Waals surface area contributed by atoms with E-state index in [0.717, 1.165) is 43.6 Å². The van der Waals surface area contributed by atoms with E-state index in [0.29, 0.717) is 52.6 Å². The van der Waals surface area contributed by atoms with Crippen LogP contribution in [-0.4, -0.2) is 65.7 Å². The average Bonchev–Trinajstić information content (AvgIpc) is 3.57. The first-order chi connectivity index (χ1) is 22.2. The van der Waals surface area contributed by atoms with E-state index >= 15 is 0 Å². The van der Waals surface area contributed by atoms with Crippen LogP contribution in [0.4, 0.5) is 11.4 Å². The number of nitrogens with two attached hydrogens (primary N) is 1. The van der Waals surface area contributed by atoms with E-state index in [1.54, 1.807) is 31.4 Å². The number of anilines is 2. The van der Waals surface area contributed by atoms with Crippen molar-refractivity contribution in [3.8, 4) is 17.2 Å². The highest BCUT2D eigenvalue weighted by Gasteiger charge is 2.40. The van der Waals surface area contributed by atoms with Crippen LogP contribution in [0, 0.1) is 0 Å². The molecule has 0 saturated carbocycles. The van der Waals surface area contributed by atoms with Gasteiger partial charge in [0.2, 0.25) is 11.8 Å². The van der Waals surface area contributed by atoms with E-state index in [1.807, 2.05) is 29.2 Å². The van der Waals surface area contributed by atoms with Gasteiger partial charge in [-0.1, -0.05) is 13.0 Å². The fourth-order valence-electron chi connectivity index (χ4n) is 7.26. The maximum absolute atomic E-state index is 13.5. The van der Waals surface area contributed by atoms with Crippen LogP contribution in [0.3, 0.4) is 0 Å². The lowest BCUT2D eigenvalue weighted by atomic mass is 10.00. The fraction of sp³-hybridized carbons (Fsp3) is 0.371. The zero-order valence-electron chi connectivity index (χ0n) is 26.0. The first-order valence-corrected chi connectivity index (χ1v) is 15.8. The van der Waals surface area contributed by atoms with E-state index in [-0.39, 0.29) is 36.7 Å². The summed E-state index contributed by atoms with van der Waals surface area (Å²) in [6.45, 7) is 4.51. The van der Waals surface area contributed by atoms with Gasteiger partial charge in [0.05, 0.1) is 19.3 Å². The number of methoxy groups -OCH3 is 1. The van der Waals surface area contributed by atoms with E-state index in [9.17, 15) is 19.2 Å². The highest BCUT2D eigenvalue weighted by Crippen LogP contribution is 2.39. The Hall–Kier alpha value is -5.06. The summed E-state index contributed by atoms with van der Waals surface area (Å²) in [5.74, 6) is 0.795. The van der Waals surface area contributed by atoms with Crippen molar-refractivity contribution >= 4 is 35.0 Å². The molecule has 3 aromatic rings. The van der Waals surface area contributed by atoms with Crippen LogP contribution >= 0.6 is 0 Å². The molecule has 1 unspecified atom stereocenters. The molecule has 238 valence electrons. The number of hydrogen-bond acceptors (Lipinski definition) is 8. The Labute approximate surface area is 267 Å². The molecule has 11 nitrogen and oxygen atoms in total. The highest BCUT2D eigenvalue weighted by atomic mass is 16.5. The third-order valence-electron chi connectivity index (χ3n) is 9.73. The molecule has 2 fully saturated rings. The van der Waals surface area contributed by atoms with Crippen molar-refractivity contribution in [1.82, 2.24) is 15.1 Å². The summed E-state index contributed by atoms with van der Waals surface area (Å²) in [6.07, 6.45) is 3.07. The van der Waals surface area contributed by atoms with E-state index < -0.39 is 11.9 Å². The van der Waals surface area contributed by atoms with Crippen molar-refractivity contribution < 1.29 is 28.7 Å². The molecule has 11 heteroatoms. The fourth-order valence-corrected chi connectivity index (χ4v) is 7.26. The van der Waals surface area contributed by atoms with Gasteiger partial charge in [0.1, 0.15) is 23.3 Å². The van der Waals surface area contributed by atoms with Crippen LogP contribution in [0.1, 0.15) is 70.0 Å². The molecule has 4 heterocycles. The van der Waals surface area contributed by atoms with Gasteiger partial charge in [0.15, 0.2) is 0 Å². The summed E-state index contributed by atoms with van der Waals surface area (Å²) in [5, 5.41) is 2.34. The summed E-state index contributed by atoms with van der Waals surface area (Å²) >= 11 is 0. The lowest BCUT2D eigenvalue weighted by Crippen LogP contribution is -2.52. The topological polar surface area (TPSA) is 135 Å². The number of hydrogen-bond donors (Lipinski definition) is 2. The first kappa shape index (κ1) is 29.6. The Balaban J connectivity index is 1.03. The summed E-state index contributed by atoms with van der Waals surface area (Å²) in [7, 11) is 1.63. The van der Waals surface area contributed by atoms with E-state index in [2.05, 4.69) is 17.1 Å². The number of nitrogens with zero attached hydrogens (tertiary/aromatic N) is 3. The SMILES string of the molecule is CCc1cc(N)c(OC)cc1N1CCC(N2Cc3cc(Oc4cccc5c4CN(C4CCC(=O)NC4=O)C5=O)ccc3C2=O)CC1. The Bertz CT molecular complexity index is 1760. The molecule has 0 aliphatic carbocycles. The first-order valence-electron chi connectivity index (χ1n) is 15.8. The summed E-state index contributed by atoms with van der Waals surface area (Å²) < 4.78 is 11.8. The van der Waals surface area contributed by atoms with Gasteiger partial charge in [-0.2, -0.15) is 0 Å². The van der Waals surface area contributed by atoms with Gasteiger partial charge in [0.25, 0.3) is 11.8 Å². The zero-order valence-corrected chi connectivity index (χ0v) is 26.0. The van der Waals surface area contributed by atoms with Crippen LogP contribution in [0.15, 0.2) is 48.5 Å². The van der Waals surface area contributed by atoms with Crippen LogP contribution in [-0.2, 0) is 29.1 Å².